The minimum atomic E-state index is -0.693. The van der Waals surface area contributed by atoms with E-state index in [1.165, 1.54) is 11.8 Å². The van der Waals surface area contributed by atoms with E-state index in [1.54, 1.807) is 6.07 Å². The Morgan fingerprint density at radius 3 is 2.52 bits per heavy atom. The first-order valence-corrected chi connectivity index (χ1v) is 6.62. The lowest BCUT2D eigenvalue weighted by Crippen LogP contribution is -2.08. The topological polar surface area (TPSA) is 51.5 Å². The zero-order valence-electron chi connectivity index (χ0n) is 11.6. The van der Waals surface area contributed by atoms with E-state index in [0.717, 1.165) is 28.3 Å². The SMILES string of the molecule is COn1c(C=O)cc2cc(C(O)c3ccccc3)ccc21. The number of carbonyl (C=O) groups is 1. The molecule has 3 aromatic rings. The fraction of sp³-hybridized carbons (Fsp3) is 0.118. The Morgan fingerprint density at radius 2 is 1.86 bits per heavy atom. The van der Waals surface area contributed by atoms with Crippen molar-refractivity contribution in [2.24, 2.45) is 0 Å². The Hall–Kier alpha value is -2.59. The summed E-state index contributed by atoms with van der Waals surface area (Å²) in [5.74, 6) is 0. The van der Waals surface area contributed by atoms with Gasteiger partial charge in [0.25, 0.3) is 0 Å². The Bertz CT molecular complexity index is 777. The summed E-state index contributed by atoms with van der Waals surface area (Å²) in [5, 5.41) is 11.3. The third kappa shape index (κ3) is 2.30. The maximum atomic E-state index is 11.0. The summed E-state index contributed by atoms with van der Waals surface area (Å²) >= 11 is 0. The van der Waals surface area contributed by atoms with Gasteiger partial charge in [0.05, 0.1) is 5.52 Å². The van der Waals surface area contributed by atoms with Crippen LogP contribution in [0.5, 0.6) is 0 Å². The smallest absolute Gasteiger partial charge is 0.169 e. The van der Waals surface area contributed by atoms with Crippen molar-refractivity contribution in [3.05, 3.63) is 71.4 Å². The Kier molecular flexibility index (Phi) is 3.46. The highest BCUT2D eigenvalue weighted by Crippen LogP contribution is 2.26. The van der Waals surface area contributed by atoms with Crippen molar-refractivity contribution >= 4 is 17.2 Å². The van der Waals surface area contributed by atoms with Gasteiger partial charge < -0.3 is 9.94 Å². The van der Waals surface area contributed by atoms with Gasteiger partial charge in [-0.25, -0.2) is 0 Å². The van der Waals surface area contributed by atoms with Gasteiger partial charge in [-0.3, -0.25) is 4.79 Å². The van der Waals surface area contributed by atoms with Gasteiger partial charge in [0.2, 0.25) is 0 Å². The van der Waals surface area contributed by atoms with E-state index in [4.69, 9.17) is 4.84 Å². The number of hydrogen-bond acceptors (Lipinski definition) is 3. The number of aliphatic hydroxyl groups excluding tert-OH is 1. The molecule has 21 heavy (non-hydrogen) atoms. The molecular formula is C17H15NO3. The number of aromatic nitrogens is 1. The molecule has 4 heteroatoms. The summed E-state index contributed by atoms with van der Waals surface area (Å²) in [4.78, 5) is 16.2. The Balaban J connectivity index is 2.07. The molecule has 0 fully saturated rings. The van der Waals surface area contributed by atoms with Gasteiger partial charge in [0, 0.05) is 5.39 Å². The van der Waals surface area contributed by atoms with Crippen LogP contribution in [-0.4, -0.2) is 23.2 Å². The second-order valence-electron chi connectivity index (χ2n) is 4.80. The molecule has 1 unspecified atom stereocenters. The molecule has 0 radical (unpaired) electrons. The fourth-order valence-electron chi connectivity index (χ4n) is 2.51. The fourth-order valence-corrected chi connectivity index (χ4v) is 2.51. The first-order valence-electron chi connectivity index (χ1n) is 6.62. The quantitative estimate of drug-likeness (QED) is 0.748. The van der Waals surface area contributed by atoms with Crippen molar-refractivity contribution < 1.29 is 14.7 Å². The summed E-state index contributed by atoms with van der Waals surface area (Å²) in [7, 11) is 1.51. The molecule has 1 aromatic heterocycles. The standard InChI is InChI=1S/C17H15NO3/c1-21-18-15(11-19)10-14-9-13(7-8-16(14)18)17(20)12-5-3-2-4-6-12/h2-11,17,20H,1H3. The van der Waals surface area contributed by atoms with E-state index in [0.29, 0.717) is 5.69 Å². The first-order chi connectivity index (χ1) is 10.2. The molecule has 1 heterocycles. The van der Waals surface area contributed by atoms with E-state index in [1.807, 2.05) is 48.5 Å². The van der Waals surface area contributed by atoms with Crippen molar-refractivity contribution in [2.45, 2.75) is 6.10 Å². The van der Waals surface area contributed by atoms with E-state index in [2.05, 4.69) is 0 Å². The lowest BCUT2D eigenvalue weighted by atomic mass is 10.0. The number of carbonyl (C=O) groups excluding carboxylic acids is 1. The second kappa shape index (κ2) is 5.42. The van der Waals surface area contributed by atoms with Gasteiger partial charge >= 0.3 is 0 Å². The average Bonchev–Trinajstić information content (AvgIpc) is 2.91. The molecule has 1 atom stereocenters. The van der Waals surface area contributed by atoms with Gasteiger partial charge in [-0.1, -0.05) is 36.4 Å². The number of fused-ring (bicyclic) bond motifs is 1. The van der Waals surface area contributed by atoms with Crippen LogP contribution in [0.25, 0.3) is 10.9 Å². The lowest BCUT2D eigenvalue weighted by molar-refractivity contribution is 0.107. The molecule has 0 saturated heterocycles. The minimum absolute atomic E-state index is 0.443. The van der Waals surface area contributed by atoms with Crippen LogP contribution in [0.2, 0.25) is 0 Å². The number of aliphatic hydroxyl groups is 1. The third-order valence-electron chi connectivity index (χ3n) is 3.54. The number of hydrogen-bond donors (Lipinski definition) is 1. The van der Waals surface area contributed by atoms with Crippen LogP contribution in [0.15, 0.2) is 54.6 Å². The molecule has 4 nitrogen and oxygen atoms in total. The number of aldehydes is 1. The Labute approximate surface area is 122 Å². The summed E-state index contributed by atoms with van der Waals surface area (Å²) in [5.41, 5.74) is 2.85. The van der Waals surface area contributed by atoms with Crippen LogP contribution in [-0.2, 0) is 0 Å². The molecule has 0 aliphatic heterocycles. The highest BCUT2D eigenvalue weighted by Gasteiger charge is 2.13. The molecular weight excluding hydrogens is 266 g/mol. The largest absolute Gasteiger partial charge is 0.416 e. The van der Waals surface area contributed by atoms with E-state index >= 15 is 0 Å². The minimum Gasteiger partial charge on any atom is -0.416 e. The van der Waals surface area contributed by atoms with Gasteiger partial charge in [0.15, 0.2) is 6.29 Å². The molecule has 0 amide bonds. The molecule has 3 rings (SSSR count). The molecule has 0 bridgehead atoms. The molecule has 1 N–H and O–H groups in total. The van der Waals surface area contributed by atoms with E-state index in [-0.39, 0.29) is 0 Å². The van der Waals surface area contributed by atoms with Crippen molar-refractivity contribution in [2.75, 3.05) is 7.11 Å². The Morgan fingerprint density at radius 1 is 1.10 bits per heavy atom. The third-order valence-corrected chi connectivity index (χ3v) is 3.54. The van der Waals surface area contributed by atoms with Crippen LogP contribution >= 0.6 is 0 Å². The van der Waals surface area contributed by atoms with Crippen molar-refractivity contribution in [3.8, 4) is 0 Å². The van der Waals surface area contributed by atoms with Gasteiger partial charge in [-0.2, -0.15) is 4.73 Å². The maximum Gasteiger partial charge on any atom is 0.169 e. The number of rotatable bonds is 4. The van der Waals surface area contributed by atoms with Crippen LogP contribution in [0.1, 0.15) is 27.7 Å². The lowest BCUT2D eigenvalue weighted by Gasteiger charge is -2.12. The van der Waals surface area contributed by atoms with Gasteiger partial charge in [0.1, 0.15) is 18.9 Å². The number of nitrogens with zero attached hydrogens (tertiary/aromatic N) is 1. The molecule has 0 spiro atoms. The van der Waals surface area contributed by atoms with E-state index < -0.39 is 6.10 Å². The predicted molar refractivity (Wildman–Crippen MR) is 80.3 cm³/mol. The summed E-state index contributed by atoms with van der Waals surface area (Å²) in [6.45, 7) is 0. The van der Waals surface area contributed by atoms with Crippen molar-refractivity contribution in [1.82, 2.24) is 4.73 Å². The maximum absolute atomic E-state index is 11.0. The second-order valence-corrected chi connectivity index (χ2v) is 4.80. The van der Waals surface area contributed by atoms with Gasteiger partial charge in [-0.15, -0.1) is 0 Å². The molecule has 106 valence electrons. The zero-order chi connectivity index (χ0) is 14.8. The van der Waals surface area contributed by atoms with Crippen molar-refractivity contribution in [1.29, 1.82) is 0 Å². The average molecular weight is 281 g/mol. The van der Waals surface area contributed by atoms with Crippen molar-refractivity contribution in [3.63, 3.8) is 0 Å². The van der Waals surface area contributed by atoms with Crippen LogP contribution in [0.4, 0.5) is 0 Å². The summed E-state index contributed by atoms with van der Waals surface area (Å²) in [6.07, 6.45) is 0.0535. The van der Waals surface area contributed by atoms with Crippen LogP contribution in [0, 0.1) is 0 Å². The van der Waals surface area contributed by atoms with Gasteiger partial charge in [-0.05, 0) is 29.3 Å². The number of benzene rings is 2. The normalized spacial score (nSPS) is 12.3. The van der Waals surface area contributed by atoms with Crippen LogP contribution < -0.4 is 4.84 Å². The summed E-state index contributed by atoms with van der Waals surface area (Å²) in [6, 6.07) is 16.7. The molecule has 0 aliphatic carbocycles. The molecule has 0 aliphatic rings. The highest BCUT2D eigenvalue weighted by molar-refractivity contribution is 5.89. The molecule has 0 saturated carbocycles. The zero-order valence-corrected chi connectivity index (χ0v) is 11.6. The monoisotopic (exact) mass is 281 g/mol. The first kappa shape index (κ1) is 13.4. The molecule has 2 aromatic carbocycles. The predicted octanol–water partition coefficient (Wildman–Crippen LogP) is 2.59. The van der Waals surface area contributed by atoms with E-state index in [9.17, 15) is 9.90 Å². The summed E-state index contributed by atoms with van der Waals surface area (Å²) < 4.78 is 1.47. The highest BCUT2D eigenvalue weighted by atomic mass is 16.6. The van der Waals surface area contributed by atoms with Crippen LogP contribution in [0.3, 0.4) is 0 Å².